The second-order valence-electron chi connectivity index (χ2n) is 6.64. The third-order valence-electron chi connectivity index (χ3n) is 4.67. The SMILES string of the molecule is CN(CC(=O)N1N=C(c2cccs2)C[C@@H]1c1cccs1)C(=O)c1ccccc1F. The molecule has 4 rings (SSSR count). The summed E-state index contributed by atoms with van der Waals surface area (Å²) in [6, 6.07) is 13.4. The van der Waals surface area contributed by atoms with E-state index >= 15 is 0 Å². The molecular formula is C21H18FN3O2S2. The van der Waals surface area contributed by atoms with Gasteiger partial charge in [-0.3, -0.25) is 9.59 Å². The maximum absolute atomic E-state index is 13.9. The maximum Gasteiger partial charge on any atom is 0.262 e. The van der Waals surface area contributed by atoms with Crippen LogP contribution in [0.15, 0.2) is 64.4 Å². The molecule has 1 atom stereocenters. The molecule has 0 saturated carbocycles. The highest BCUT2D eigenvalue weighted by Crippen LogP contribution is 2.36. The Hall–Kier alpha value is -2.84. The van der Waals surface area contributed by atoms with Crippen LogP contribution in [0.4, 0.5) is 4.39 Å². The molecule has 3 aromatic rings. The molecule has 2 amide bonds. The fourth-order valence-corrected chi connectivity index (χ4v) is 4.75. The van der Waals surface area contributed by atoms with Crippen molar-refractivity contribution in [1.29, 1.82) is 0 Å². The Morgan fingerprint density at radius 1 is 1.14 bits per heavy atom. The van der Waals surface area contributed by atoms with Crippen molar-refractivity contribution in [2.45, 2.75) is 12.5 Å². The molecule has 0 bridgehead atoms. The van der Waals surface area contributed by atoms with Crippen LogP contribution in [-0.2, 0) is 4.79 Å². The highest BCUT2D eigenvalue weighted by molar-refractivity contribution is 7.12. The van der Waals surface area contributed by atoms with E-state index in [4.69, 9.17) is 0 Å². The van der Waals surface area contributed by atoms with Gasteiger partial charge in [-0.1, -0.05) is 24.3 Å². The summed E-state index contributed by atoms with van der Waals surface area (Å²) in [5, 5.41) is 9.98. The van der Waals surface area contributed by atoms with Gasteiger partial charge in [-0.25, -0.2) is 9.40 Å². The minimum Gasteiger partial charge on any atom is -0.332 e. The van der Waals surface area contributed by atoms with Gasteiger partial charge < -0.3 is 4.90 Å². The number of thiophene rings is 2. The lowest BCUT2D eigenvalue weighted by Crippen LogP contribution is -2.39. The van der Waals surface area contributed by atoms with Crippen LogP contribution in [0.2, 0.25) is 0 Å². The van der Waals surface area contributed by atoms with Gasteiger partial charge in [0, 0.05) is 18.3 Å². The van der Waals surface area contributed by atoms with Crippen molar-refractivity contribution in [3.63, 3.8) is 0 Å². The standard InChI is InChI=1S/C21H18FN3O2S2/c1-24(21(27)14-6-2-3-7-15(14)22)13-20(26)25-17(19-9-5-11-29-19)12-16(23-25)18-8-4-10-28-18/h2-11,17H,12-13H2,1H3/t17-/m1/s1. The van der Waals surface area contributed by atoms with Crippen molar-refractivity contribution in [3.05, 3.63) is 80.4 Å². The van der Waals surface area contributed by atoms with Crippen molar-refractivity contribution < 1.29 is 14.0 Å². The van der Waals surface area contributed by atoms with E-state index in [1.165, 1.54) is 35.2 Å². The van der Waals surface area contributed by atoms with Gasteiger partial charge in [0.15, 0.2) is 0 Å². The van der Waals surface area contributed by atoms with Crippen LogP contribution < -0.4 is 0 Å². The first-order chi connectivity index (χ1) is 14.0. The summed E-state index contributed by atoms with van der Waals surface area (Å²) in [5.41, 5.74) is 0.802. The Bertz CT molecular complexity index is 1050. The maximum atomic E-state index is 13.9. The lowest BCUT2D eigenvalue weighted by Gasteiger charge is -2.24. The second kappa shape index (κ2) is 8.26. The smallest absolute Gasteiger partial charge is 0.262 e. The molecule has 0 spiro atoms. The molecule has 0 unspecified atom stereocenters. The van der Waals surface area contributed by atoms with Gasteiger partial charge in [0.05, 0.1) is 22.2 Å². The lowest BCUT2D eigenvalue weighted by atomic mass is 10.1. The van der Waals surface area contributed by atoms with E-state index in [1.807, 2.05) is 35.0 Å². The molecule has 148 valence electrons. The summed E-state index contributed by atoms with van der Waals surface area (Å²) in [7, 11) is 1.49. The van der Waals surface area contributed by atoms with Crippen LogP contribution in [0.5, 0.6) is 0 Å². The predicted molar refractivity (Wildman–Crippen MR) is 113 cm³/mol. The average molecular weight is 428 g/mol. The number of hydrazone groups is 1. The zero-order valence-corrected chi connectivity index (χ0v) is 17.3. The summed E-state index contributed by atoms with van der Waals surface area (Å²) in [6.07, 6.45) is 0.623. The molecule has 1 aromatic carbocycles. The number of rotatable bonds is 5. The molecule has 3 heterocycles. The zero-order chi connectivity index (χ0) is 20.4. The normalized spacial score (nSPS) is 16.0. The molecule has 1 aliphatic heterocycles. The summed E-state index contributed by atoms with van der Waals surface area (Å²) in [6.45, 7) is -0.184. The number of hydrogen-bond acceptors (Lipinski definition) is 5. The Kier molecular flexibility index (Phi) is 5.55. The van der Waals surface area contributed by atoms with Crippen molar-refractivity contribution in [1.82, 2.24) is 9.91 Å². The zero-order valence-electron chi connectivity index (χ0n) is 15.6. The van der Waals surface area contributed by atoms with Crippen LogP contribution in [0, 0.1) is 5.82 Å². The minimum atomic E-state index is -0.604. The first-order valence-corrected chi connectivity index (χ1v) is 10.8. The Labute approximate surface area is 175 Å². The number of halogens is 1. The number of benzene rings is 1. The second-order valence-corrected chi connectivity index (χ2v) is 8.57. The van der Waals surface area contributed by atoms with Crippen molar-refractivity contribution in [3.8, 4) is 0 Å². The van der Waals surface area contributed by atoms with Gasteiger partial charge in [0.25, 0.3) is 11.8 Å². The number of amides is 2. The molecule has 8 heteroatoms. The van der Waals surface area contributed by atoms with Crippen molar-refractivity contribution in [2.75, 3.05) is 13.6 Å². The minimum absolute atomic E-state index is 0.0539. The molecule has 0 radical (unpaired) electrons. The van der Waals surface area contributed by atoms with Crippen molar-refractivity contribution >= 4 is 40.2 Å². The van der Waals surface area contributed by atoms with Gasteiger partial charge in [-0.15, -0.1) is 22.7 Å². The summed E-state index contributed by atoms with van der Waals surface area (Å²) in [5.74, 6) is -1.44. The Morgan fingerprint density at radius 2 is 1.90 bits per heavy atom. The number of hydrogen-bond donors (Lipinski definition) is 0. The van der Waals surface area contributed by atoms with Crippen molar-refractivity contribution in [2.24, 2.45) is 5.10 Å². The van der Waals surface area contributed by atoms with Gasteiger partial charge in [0.2, 0.25) is 0 Å². The highest BCUT2D eigenvalue weighted by Gasteiger charge is 2.35. The number of carbonyl (C=O) groups excluding carboxylic acids is 2. The number of nitrogens with zero attached hydrogens (tertiary/aromatic N) is 3. The van der Waals surface area contributed by atoms with Gasteiger partial charge >= 0.3 is 0 Å². The first-order valence-electron chi connectivity index (χ1n) is 9.01. The molecule has 0 fully saturated rings. The van der Waals surface area contributed by atoms with E-state index in [-0.39, 0.29) is 24.1 Å². The van der Waals surface area contributed by atoms with Crippen LogP contribution in [0.1, 0.15) is 32.6 Å². The van der Waals surface area contributed by atoms with Crippen LogP contribution in [-0.4, -0.2) is 41.0 Å². The average Bonchev–Trinajstić information content (AvgIpc) is 3.48. The Balaban J connectivity index is 1.55. The van der Waals surface area contributed by atoms with E-state index in [0.717, 1.165) is 15.5 Å². The predicted octanol–water partition coefficient (Wildman–Crippen LogP) is 4.40. The molecule has 0 saturated heterocycles. The van der Waals surface area contributed by atoms with Gasteiger partial charge in [0.1, 0.15) is 12.4 Å². The third-order valence-corrected chi connectivity index (χ3v) is 6.56. The van der Waals surface area contributed by atoms with Gasteiger partial charge in [-0.2, -0.15) is 5.10 Å². The van der Waals surface area contributed by atoms with E-state index in [1.54, 1.807) is 28.7 Å². The van der Waals surface area contributed by atoms with E-state index in [9.17, 15) is 14.0 Å². The van der Waals surface area contributed by atoms with Crippen LogP contribution in [0.25, 0.3) is 0 Å². The molecule has 2 aromatic heterocycles. The van der Waals surface area contributed by atoms with E-state index < -0.39 is 11.7 Å². The molecular weight excluding hydrogens is 409 g/mol. The highest BCUT2D eigenvalue weighted by atomic mass is 32.1. The third kappa shape index (κ3) is 3.99. The first kappa shape index (κ1) is 19.5. The molecule has 0 N–H and O–H groups in total. The molecule has 5 nitrogen and oxygen atoms in total. The topological polar surface area (TPSA) is 53.0 Å². The van der Waals surface area contributed by atoms with E-state index in [0.29, 0.717) is 6.42 Å². The van der Waals surface area contributed by atoms with Gasteiger partial charge in [-0.05, 0) is 35.0 Å². The summed E-state index contributed by atoms with van der Waals surface area (Å²) < 4.78 is 13.9. The molecule has 29 heavy (non-hydrogen) atoms. The summed E-state index contributed by atoms with van der Waals surface area (Å²) >= 11 is 3.15. The van der Waals surface area contributed by atoms with E-state index in [2.05, 4.69) is 5.10 Å². The number of carbonyl (C=O) groups is 2. The summed E-state index contributed by atoms with van der Waals surface area (Å²) in [4.78, 5) is 28.9. The molecule has 0 aliphatic carbocycles. The lowest BCUT2D eigenvalue weighted by molar-refractivity contribution is -0.133. The number of likely N-dealkylation sites (N-methyl/N-ethyl adjacent to an activating group) is 1. The van der Waals surface area contributed by atoms with Crippen LogP contribution >= 0.6 is 22.7 Å². The monoisotopic (exact) mass is 427 g/mol. The Morgan fingerprint density at radius 3 is 2.59 bits per heavy atom. The largest absolute Gasteiger partial charge is 0.332 e. The molecule has 1 aliphatic rings. The fourth-order valence-electron chi connectivity index (χ4n) is 3.22. The van der Waals surface area contributed by atoms with Crippen LogP contribution in [0.3, 0.4) is 0 Å². The fraction of sp³-hybridized carbons (Fsp3) is 0.190. The quantitative estimate of drug-likeness (QED) is 0.606.